The maximum absolute atomic E-state index is 13.1. The Labute approximate surface area is 81.7 Å². The Morgan fingerprint density at radius 1 is 1.36 bits per heavy atom. The van der Waals surface area contributed by atoms with E-state index in [1.807, 2.05) is 0 Å². The van der Waals surface area contributed by atoms with Crippen molar-refractivity contribution in [2.24, 2.45) is 0 Å². The van der Waals surface area contributed by atoms with Crippen LogP contribution in [0.5, 0.6) is 0 Å². The molecular weight excluding hydrogens is 186 g/mol. The van der Waals surface area contributed by atoms with Crippen molar-refractivity contribution in [3.05, 3.63) is 35.4 Å². The van der Waals surface area contributed by atoms with E-state index in [4.69, 9.17) is 0 Å². The Morgan fingerprint density at radius 3 is 2.43 bits per heavy atom. The SMILES string of the molecule is CC(=O)Cc1ccccc1C(C)(F)F. The molecular formula is C11H12F2O. The fraction of sp³-hybridized carbons (Fsp3) is 0.364. The average molecular weight is 198 g/mol. The quantitative estimate of drug-likeness (QED) is 0.729. The van der Waals surface area contributed by atoms with Gasteiger partial charge in [-0.1, -0.05) is 24.3 Å². The normalized spacial score (nSPS) is 11.4. The van der Waals surface area contributed by atoms with Gasteiger partial charge >= 0.3 is 0 Å². The summed E-state index contributed by atoms with van der Waals surface area (Å²) in [5.74, 6) is -2.99. The van der Waals surface area contributed by atoms with Gasteiger partial charge in [0.05, 0.1) is 0 Å². The number of carbonyl (C=O) groups excluding carboxylic acids is 1. The van der Waals surface area contributed by atoms with E-state index in [0.717, 1.165) is 6.92 Å². The Morgan fingerprint density at radius 2 is 1.93 bits per heavy atom. The Balaban J connectivity index is 3.10. The van der Waals surface area contributed by atoms with E-state index < -0.39 is 5.92 Å². The highest BCUT2D eigenvalue weighted by Crippen LogP contribution is 2.29. The molecule has 76 valence electrons. The third-order valence-electron chi connectivity index (χ3n) is 1.93. The second kappa shape index (κ2) is 3.86. The molecule has 0 heterocycles. The number of rotatable bonds is 3. The highest BCUT2D eigenvalue weighted by atomic mass is 19.3. The van der Waals surface area contributed by atoms with Gasteiger partial charge in [0.1, 0.15) is 5.78 Å². The molecule has 0 spiro atoms. The van der Waals surface area contributed by atoms with Gasteiger partial charge in [0.15, 0.2) is 0 Å². The molecule has 0 bridgehead atoms. The molecule has 0 aliphatic rings. The van der Waals surface area contributed by atoms with Crippen molar-refractivity contribution in [3.63, 3.8) is 0 Å². The van der Waals surface area contributed by atoms with Crippen LogP contribution in [-0.2, 0) is 17.1 Å². The van der Waals surface area contributed by atoms with Gasteiger partial charge in [-0.15, -0.1) is 0 Å². The first-order chi connectivity index (χ1) is 6.41. The van der Waals surface area contributed by atoms with Gasteiger partial charge in [-0.2, -0.15) is 0 Å². The van der Waals surface area contributed by atoms with Crippen LogP contribution >= 0.6 is 0 Å². The summed E-state index contributed by atoms with van der Waals surface area (Å²) >= 11 is 0. The maximum Gasteiger partial charge on any atom is 0.270 e. The molecule has 0 aromatic heterocycles. The third-order valence-corrected chi connectivity index (χ3v) is 1.93. The van der Waals surface area contributed by atoms with Gasteiger partial charge < -0.3 is 0 Å². The maximum atomic E-state index is 13.1. The van der Waals surface area contributed by atoms with E-state index in [0.29, 0.717) is 5.56 Å². The van der Waals surface area contributed by atoms with Crippen molar-refractivity contribution in [2.45, 2.75) is 26.2 Å². The first kappa shape index (κ1) is 10.8. The fourth-order valence-electron chi connectivity index (χ4n) is 1.37. The fourth-order valence-corrected chi connectivity index (χ4v) is 1.37. The first-order valence-electron chi connectivity index (χ1n) is 4.37. The number of carbonyl (C=O) groups is 1. The monoisotopic (exact) mass is 198 g/mol. The molecule has 1 aromatic carbocycles. The van der Waals surface area contributed by atoms with E-state index in [-0.39, 0.29) is 17.8 Å². The number of Topliss-reactive ketones (excluding diaryl/α,β-unsaturated/α-hetero) is 1. The van der Waals surface area contributed by atoms with Crippen molar-refractivity contribution >= 4 is 5.78 Å². The molecule has 0 aliphatic heterocycles. The molecule has 0 atom stereocenters. The van der Waals surface area contributed by atoms with Gasteiger partial charge in [-0.25, -0.2) is 8.78 Å². The van der Waals surface area contributed by atoms with Crippen LogP contribution in [0.25, 0.3) is 0 Å². The van der Waals surface area contributed by atoms with Crippen LogP contribution in [0.3, 0.4) is 0 Å². The van der Waals surface area contributed by atoms with E-state index in [2.05, 4.69) is 0 Å². The molecule has 1 nitrogen and oxygen atoms in total. The Hall–Kier alpha value is -1.25. The van der Waals surface area contributed by atoms with E-state index in [1.54, 1.807) is 18.2 Å². The minimum absolute atomic E-state index is 0.0600. The number of alkyl halides is 2. The smallest absolute Gasteiger partial charge is 0.270 e. The van der Waals surface area contributed by atoms with Gasteiger partial charge in [-0.3, -0.25) is 4.79 Å². The standard InChI is InChI=1S/C11H12F2O/c1-8(14)7-9-5-3-4-6-10(9)11(2,12)13/h3-6H,7H2,1-2H3. The van der Waals surface area contributed by atoms with Crippen LogP contribution in [0, 0.1) is 0 Å². The summed E-state index contributed by atoms with van der Waals surface area (Å²) in [4.78, 5) is 10.8. The van der Waals surface area contributed by atoms with Gasteiger partial charge in [0.2, 0.25) is 0 Å². The lowest BCUT2D eigenvalue weighted by Gasteiger charge is -2.14. The lowest BCUT2D eigenvalue weighted by atomic mass is 9.99. The topological polar surface area (TPSA) is 17.1 Å². The Kier molecular flexibility index (Phi) is 2.99. The highest BCUT2D eigenvalue weighted by molar-refractivity contribution is 5.78. The molecule has 3 heteroatoms. The summed E-state index contributed by atoms with van der Waals surface area (Å²) in [5.41, 5.74) is 0.350. The number of hydrogen-bond donors (Lipinski definition) is 0. The highest BCUT2D eigenvalue weighted by Gasteiger charge is 2.27. The largest absolute Gasteiger partial charge is 0.300 e. The van der Waals surface area contributed by atoms with Crippen molar-refractivity contribution in [2.75, 3.05) is 0 Å². The predicted molar refractivity (Wildman–Crippen MR) is 50.4 cm³/mol. The molecule has 0 amide bonds. The lowest BCUT2D eigenvalue weighted by molar-refractivity contribution is -0.116. The molecule has 0 radical (unpaired) electrons. The molecule has 0 aliphatic carbocycles. The third kappa shape index (κ3) is 2.62. The number of halogens is 2. The zero-order valence-electron chi connectivity index (χ0n) is 8.18. The van der Waals surface area contributed by atoms with Crippen LogP contribution < -0.4 is 0 Å². The van der Waals surface area contributed by atoms with Crippen LogP contribution in [0.15, 0.2) is 24.3 Å². The van der Waals surface area contributed by atoms with Gasteiger partial charge in [-0.05, 0) is 12.5 Å². The molecule has 14 heavy (non-hydrogen) atoms. The van der Waals surface area contributed by atoms with Crippen LogP contribution in [0.2, 0.25) is 0 Å². The summed E-state index contributed by atoms with van der Waals surface area (Å²) in [7, 11) is 0. The van der Waals surface area contributed by atoms with Crippen LogP contribution in [-0.4, -0.2) is 5.78 Å². The number of ketones is 1. The second-order valence-electron chi connectivity index (χ2n) is 3.42. The summed E-state index contributed by atoms with van der Waals surface area (Å²) < 4.78 is 26.1. The second-order valence-corrected chi connectivity index (χ2v) is 3.42. The van der Waals surface area contributed by atoms with E-state index in [9.17, 15) is 13.6 Å². The summed E-state index contributed by atoms with van der Waals surface area (Å²) in [6, 6.07) is 6.14. The lowest BCUT2D eigenvalue weighted by Crippen LogP contribution is -2.12. The van der Waals surface area contributed by atoms with Gasteiger partial charge in [0.25, 0.3) is 5.92 Å². The summed E-state index contributed by atoms with van der Waals surface area (Å²) in [6.45, 7) is 2.23. The van der Waals surface area contributed by atoms with E-state index >= 15 is 0 Å². The van der Waals surface area contributed by atoms with E-state index in [1.165, 1.54) is 13.0 Å². The van der Waals surface area contributed by atoms with Crippen molar-refractivity contribution in [1.82, 2.24) is 0 Å². The molecule has 1 aromatic rings. The van der Waals surface area contributed by atoms with Crippen LogP contribution in [0.1, 0.15) is 25.0 Å². The van der Waals surface area contributed by atoms with Crippen LogP contribution in [0.4, 0.5) is 8.78 Å². The molecule has 0 N–H and O–H groups in total. The predicted octanol–water partition coefficient (Wildman–Crippen LogP) is 2.93. The summed E-state index contributed by atoms with van der Waals surface area (Å²) in [5, 5.41) is 0. The first-order valence-corrected chi connectivity index (χ1v) is 4.37. The number of benzene rings is 1. The summed E-state index contributed by atoms with van der Waals surface area (Å²) in [6.07, 6.45) is 0.0691. The zero-order valence-corrected chi connectivity index (χ0v) is 8.18. The Bertz CT molecular complexity index is 339. The minimum atomic E-state index is -2.88. The minimum Gasteiger partial charge on any atom is -0.300 e. The molecule has 0 saturated heterocycles. The molecule has 0 fully saturated rings. The van der Waals surface area contributed by atoms with Gasteiger partial charge in [0, 0.05) is 18.9 Å². The zero-order chi connectivity index (χ0) is 10.8. The molecule has 0 unspecified atom stereocenters. The van der Waals surface area contributed by atoms with Crippen molar-refractivity contribution in [3.8, 4) is 0 Å². The van der Waals surface area contributed by atoms with Crippen molar-refractivity contribution in [1.29, 1.82) is 0 Å². The van der Waals surface area contributed by atoms with Crippen molar-refractivity contribution < 1.29 is 13.6 Å². The number of hydrogen-bond acceptors (Lipinski definition) is 1. The average Bonchev–Trinajstić information content (AvgIpc) is 2.01. The molecule has 0 saturated carbocycles. The molecule has 1 rings (SSSR count).